The molecule has 0 radical (unpaired) electrons. The number of anilines is 1. The molecule has 0 saturated carbocycles. The van der Waals surface area contributed by atoms with Gasteiger partial charge in [-0.2, -0.15) is 5.10 Å². The van der Waals surface area contributed by atoms with Gasteiger partial charge in [-0.25, -0.2) is 14.1 Å². The molecule has 0 aliphatic heterocycles. The van der Waals surface area contributed by atoms with Crippen molar-refractivity contribution >= 4 is 11.5 Å². The van der Waals surface area contributed by atoms with Gasteiger partial charge in [-0.15, -0.1) is 0 Å². The molecule has 0 fully saturated rings. The number of nitrogens with zero attached hydrogens (tertiary/aromatic N) is 3. The Morgan fingerprint density at radius 1 is 1.47 bits per heavy atom. The molecule has 0 saturated heterocycles. The van der Waals surface area contributed by atoms with Gasteiger partial charge in [0.25, 0.3) is 0 Å². The van der Waals surface area contributed by atoms with Gasteiger partial charge in [0.2, 0.25) is 0 Å². The number of carbonyl (C=O) groups excluding carboxylic acids is 1. The van der Waals surface area contributed by atoms with Crippen LogP contribution in [0.5, 0.6) is 0 Å². The fourth-order valence-electron chi connectivity index (χ4n) is 1.84. The molecule has 0 bridgehead atoms. The second-order valence-electron chi connectivity index (χ2n) is 4.20. The maximum atomic E-state index is 13.3. The van der Waals surface area contributed by atoms with Crippen molar-refractivity contribution in [1.29, 1.82) is 0 Å². The highest BCUT2D eigenvalue weighted by Crippen LogP contribution is 2.17. The van der Waals surface area contributed by atoms with E-state index in [2.05, 4.69) is 10.1 Å². The summed E-state index contributed by atoms with van der Waals surface area (Å²) in [5.41, 5.74) is 5.64. The molecule has 2 N–H and O–H groups in total. The topological polar surface area (TPSA) is 73.8 Å². The Bertz CT molecular complexity index is 594. The first-order valence-electron chi connectivity index (χ1n) is 6.07. The minimum atomic E-state index is -0.583. The van der Waals surface area contributed by atoms with E-state index < -0.39 is 5.82 Å². The van der Waals surface area contributed by atoms with Gasteiger partial charge in [0.05, 0.1) is 12.1 Å². The Balaban J connectivity index is 2.21. The summed E-state index contributed by atoms with van der Waals surface area (Å²) in [4.78, 5) is 16.2. The zero-order valence-corrected chi connectivity index (χ0v) is 10.6. The predicted octanol–water partition coefficient (Wildman–Crippen LogP) is 1.83. The summed E-state index contributed by atoms with van der Waals surface area (Å²) in [5.74, 6) is -0.279. The summed E-state index contributed by atoms with van der Waals surface area (Å²) >= 11 is 0. The normalized spacial score (nSPS) is 10.6. The van der Waals surface area contributed by atoms with E-state index in [0.717, 1.165) is 6.42 Å². The third kappa shape index (κ3) is 2.78. The average Bonchev–Trinajstić information content (AvgIpc) is 2.80. The predicted molar refractivity (Wildman–Crippen MR) is 69.2 cm³/mol. The SMILES string of the molecule is CCCn1ncnc1CC(=O)c1cccc(F)c1N. The van der Waals surface area contributed by atoms with E-state index >= 15 is 0 Å². The van der Waals surface area contributed by atoms with E-state index in [0.29, 0.717) is 12.4 Å². The van der Waals surface area contributed by atoms with E-state index in [-0.39, 0.29) is 23.5 Å². The number of aryl methyl sites for hydroxylation is 1. The highest BCUT2D eigenvalue weighted by atomic mass is 19.1. The molecule has 1 aromatic heterocycles. The van der Waals surface area contributed by atoms with Crippen LogP contribution < -0.4 is 5.73 Å². The summed E-state index contributed by atoms with van der Waals surface area (Å²) in [6.07, 6.45) is 2.37. The van der Waals surface area contributed by atoms with Gasteiger partial charge in [0.15, 0.2) is 5.78 Å². The van der Waals surface area contributed by atoms with Crippen LogP contribution in [0, 0.1) is 5.82 Å². The molecular weight excluding hydrogens is 247 g/mol. The number of hydrogen-bond donors (Lipinski definition) is 1. The van der Waals surface area contributed by atoms with Gasteiger partial charge in [-0.1, -0.05) is 13.0 Å². The van der Waals surface area contributed by atoms with E-state index in [4.69, 9.17) is 5.73 Å². The number of rotatable bonds is 5. The highest BCUT2D eigenvalue weighted by Gasteiger charge is 2.16. The highest BCUT2D eigenvalue weighted by molar-refractivity contribution is 6.01. The standard InChI is InChI=1S/C13H15FN4O/c1-2-6-18-12(16-8-17-18)7-11(19)9-4-3-5-10(14)13(9)15/h3-5,8H,2,6-7,15H2,1H3. The Hall–Kier alpha value is -2.24. The van der Waals surface area contributed by atoms with Crippen molar-refractivity contribution in [2.24, 2.45) is 0 Å². The molecular formula is C13H15FN4O. The third-order valence-electron chi connectivity index (χ3n) is 2.80. The van der Waals surface area contributed by atoms with Gasteiger partial charge in [-0.3, -0.25) is 4.79 Å². The first-order valence-corrected chi connectivity index (χ1v) is 6.07. The number of ketones is 1. The molecule has 6 heteroatoms. The van der Waals surface area contributed by atoms with E-state index in [9.17, 15) is 9.18 Å². The maximum absolute atomic E-state index is 13.3. The van der Waals surface area contributed by atoms with E-state index in [1.165, 1.54) is 24.5 Å². The molecule has 0 spiro atoms. The lowest BCUT2D eigenvalue weighted by Crippen LogP contribution is -2.13. The van der Waals surface area contributed by atoms with Crippen LogP contribution in [0.2, 0.25) is 0 Å². The van der Waals surface area contributed by atoms with Gasteiger partial charge >= 0.3 is 0 Å². The van der Waals surface area contributed by atoms with Crippen molar-refractivity contribution in [3.05, 3.63) is 41.7 Å². The second kappa shape index (κ2) is 5.60. The smallest absolute Gasteiger partial charge is 0.172 e. The zero-order valence-electron chi connectivity index (χ0n) is 10.6. The lowest BCUT2D eigenvalue weighted by atomic mass is 10.1. The molecule has 100 valence electrons. The van der Waals surface area contributed by atoms with E-state index in [1.807, 2.05) is 6.92 Å². The molecule has 1 heterocycles. The number of nitrogen functional groups attached to an aromatic ring is 1. The molecule has 2 rings (SSSR count). The van der Waals surface area contributed by atoms with Crippen molar-refractivity contribution in [2.45, 2.75) is 26.3 Å². The Labute approximate surface area is 110 Å². The van der Waals surface area contributed by atoms with Crippen LogP contribution in [0.25, 0.3) is 0 Å². The maximum Gasteiger partial charge on any atom is 0.172 e. The van der Waals surface area contributed by atoms with Gasteiger partial charge in [0.1, 0.15) is 18.0 Å². The minimum Gasteiger partial charge on any atom is -0.396 e. The van der Waals surface area contributed by atoms with Crippen molar-refractivity contribution in [2.75, 3.05) is 5.73 Å². The number of nitrogens with two attached hydrogens (primary N) is 1. The monoisotopic (exact) mass is 262 g/mol. The van der Waals surface area contributed by atoms with Crippen LogP contribution >= 0.6 is 0 Å². The van der Waals surface area contributed by atoms with Crippen LogP contribution in [0.1, 0.15) is 29.5 Å². The third-order valence-corrected chi connectivity index (χ3v) is 2.80. The van der Waals surface area contributed by atoms with Crippen LogP contribution in [-0.2, 0) is 13.0 Å². The summed E-state index contributed by atoms with van der Waals surface area (Å²) in [6, 6.07) is 4.21. The number of hydrogen-bond acceptors (Lipinski definition) is 4. The summed E-state index contributed by atoms with van der Waals surface area (Å²) in [7, 11) is 0. The molecule has 1 aromatic carbocycles. The van der Waals surface area contributed by atoms with Crippen molar-refractivity contribution in [3.63, 3.8) is 0 Å². The second-order valence-corrected chi connectivity index (χ2v) is 4.20. The molecule has 0 amide bonds. The Kier molecular flexibility index (Phi) is 3.89. The van der Waals surface area contributed by atoms with Crippen LogP contribution in [-0.4, -0.2) is 20.5 Å². The number of aromatic nitrogens is 3. The molecule has 0 aliphatic carbocycles. The van der Waals surface area contributed by atoms with Crippen molar-refractivity contribution in [3.8, 4) is 0 Å². The molecule has 19 heavy (non-hydrogen) atoms. The number of benzene rings is 1. The number of Topliss-reactive ketones (excluding diaryl/α,β-unsaturated/α-hetero) is 1. The van der Waals surface area contributed by atoms with Gasteiger partial charge in [-0.05, 0) is 18.6 Å². The summed E-state index contributed by atoms with van der Waals surface area (Å²) < 4.78 is 15.0. The van der Waals surface area contributed by atoms with Crippen molar-refractivity contribution in [1.82, 2.24) is 14.8 Å². The molecule has 0 unspecified atom stereocenters. The Morgan fingerprint density at radius 2 is 2.26 bits per heavy atom. The van der Waals surface area contributed by atoms with Gasteiger partial charge in [0, 0.05) is 12.1 Å². The lowest BCUT2D eigenvalue weighted by molar-refractivity contribution is 0.0990. The van der Waals surface area contributed by atoms with E-state index in [1.54, 1.807) is 4.68 Å². The first-order chi connectivity index (χ1) is 9.13. The number of para-hydroxylation sites is 1. The molecule has 2 aromatic rings. The van der Waals surface area contributed by atoms with Gasteiger partial charge < -0.3 is 5.73 Å². The number of halogens is 1. The first kappa shape index (κ1) is 13.2. The van der Waals surface area contributed by atoms with Crippen LogP contribution in [0.3, 0.4) is 0 Å². The zero-order chi connectivity index (χ0) is 13.8. The molecule has 5 nitrogen and oxygen atoms in total. The number of carbonyl (C=O) groups is 1. The lowest BCUT2D eigenvalue weighted by Gasteiger charge is -2.06. The molecule has 0 aliphatic rings. The quantitative estimate of drug-likeness (QED) is 0.659. The summed E-state index contributed by atoms with van der Waals surface area (Å²) in [6.45, 7) is 2.71. The van der Waals surface area contributed by atoms with Crippen LogP contribution in [0.4, 0.5) is 10.1 Å². The Morgan fingerprint density at radius 3 is 3.00 bits per heavy atom. The fourth-order valence-corrected chi connectivity index (χ4v) is 1.84. The average molecular weight is 262 g/mol. The summed E-state index contributed by atoms with van der Waals surface area (Å²) in [5, 5.41) is 4.04. The van der Waals surface area contributed by atoms with Crippen molar-refractivity contribution < 1.29 is 9.18 Å². The molecule has 0 atom stereocenters. The minimum absolute atomic E-state index is 0.0631. The fraction of sp³-hybridized carbons (Fsp3) is 0.308. The largest absolute Gasteiger partial charge is 0.396 e. The van der Waals surface area contributed by atoms with Crippen LogP contribution in [0.15, 0.2) is 24.5 Å².